The summed E-state index contributed by atoms with van der Waals surface area (Å²) in [6, 6.07) is 39.5. The summed E-state index contributed by atoms with van der Waals surface area (Å²) >= 11 is 0. The normalized spacial score (nSPS) is 17.2. The van der Waals surface area contributed by atoms with Gasteiger partial charge in [-0.3, -0.25) is 0 Å². The molecule has 1 aromatic heterocycles. The van der Waals surface area contributed by atoms with Crippen LogP contribution in [0, 0.1) is 0 Å². The molecule has 45 heavy (non-hydrogen) atoms. The number of furan rings is 1. The maximum atomic E-state index is 6.77. The zero-order chi connectivity index (χ0) is 30.1. The number of para-hydroxylation sites is 1. The van der Waals surface area contributed by atoms with Gasteiger partial charge in [0, 0.05) is 40.0 Å². The van der Waals surface area contributed by atoms with Crippen molar-refractivity contribution in [2.75, 3.05) is 4.90 Å². The molecule has 0 spiro atoms. The fraction of sp³-hybridized carbons (Fsp3) is 0.190. The van der Waals surface area contributed by atoms with E-state index in [1.54, 1.807) is 0 Å². The molecule has 0 bridgehead atoms. The molecule has 2 aliphatic carbocycles. The minimum absolute atomic E-state index is 0.0167. The van der Waals surface area contributed by atoms with E-state index in [0.717, 1.165) is 58.1 Å². The summed E-state index contributed by atoms with van der Waals surface area (Å²) in [5.74, 6) is 2.10. The predicted molar refractivity (Wildman–Crippen MR) is 184 cm³/mol. The van der Waals surface area contributed by atoms with E-state index in [-0.39, 0.29) is 11.5 Å². The summed E-state index contributed by atoms with van der Waals surface area (Å²) in [5.41, 5.74) is 13.3. The molecule has 9 rings (SSSR count). The van der Waals surface area contributed by atoms with Gasteiger partial charge in [-0.05, 0) is 102 Å². The number of benzene rings is 5. The fourth-order valence-corrected chi connectivity index (χ4v) is 7.82. The number of aryl methyl sites for hydroxylation is 2. The lowest BCUT2D eigenvalue weighted by atomic mass is 9.82. The molecule has 1 atom stereocenters. The van der Waals surface area contributed by atoms with Crippen LogP contribution in [0.25, 0.3) is 28.2 Å². The summed E-state index contributed by atoms with van der Waals surface area (Å²) in [4.78, 5) is 2.35. The third-order valence-corrected chi connectivity index (χ3v) is 10.1. The summed E-state index contributed by atoms with van der Waals surface area (Å²) in [6.07, 6.45) is 8.71. The third-order valence-electron chi connectivity index (χ3n) is 10.1. The maximum absolute atomic E-state index is 6.77. The average Bonchev–Trinajstić information content (AvgIpc) is 3.58. The second-order valence-electron chi connectivity index (χ2n) is 13.1. The Hall–Kier alpha value is -5.02. The highest BCUT2D eigenvalue weighted by Gasteiger charge is 2.35. The number of hydrogen-bond acceptors (Lipinski definition) is 3. The molecule has 0 fully saturated rings. The van der Waals surface area contributed by atoms with Gasteiger partial charge >= 0.3 is 0 Å². The highest BCUT2D eigenvalue weighted by molar-refractivity contribution is 5.93. The smallest absolute Gasteiger partial charge is 0.142 e. The van der Waals surface area contributed by atoms with Gasteiger partial charge in [-0.25, -0.2) is 0 Å². The van der Waals surface area contributed by atoms with Crippen LogP contribution in [0.5, 0.6) is 5.75 Å². The van der Waals surface area contributed by atoms with Crippen LogP contribution in [0.4, 0.5) is 17.1 Å². The minimum Gasteiger partial charge on any atom is -0.480 e. The van der Waals surface area contributed by atoms with Crippen LogP contribution in [0.2, 0.25) is 0 Å². The van der Waals surface area contributed by atoms with Crippen molar-refractivity contribution in [3.05, 3.63) is 149 Å². The monoisotopic (exact) mass is 585 g/mol. The van der Waals surface area contributed by atoms with Crippen LogP contribution in [-0.2, 0) is 18.3 Å². The number of ether oxygens (including phenoxy) is 1. The van der Waals surface area contributed by atoms with E-state index in [4.69, 9.17) is 9.15 Å². The molecule has 0 saturated carbocycles. The SMILES string of the molecule is CC1(C)c2ccccc2-c2cc(N(c3ccccc3)c3ccc(C4C=Cc5ccc6oc7c(c6c5O4)CCCC7)cc3)ccc21. The Morgan fingerprint density at radius 2 is 1.42 bits per heavy atom. The van der Waals surface area contributed by atoms with Crippen molar-refractivity contribution in [2.24, 2.45) is 0 Å². The molecule has 0 saturated heterocycles. The summed E-state index contributed by atoms with van der Waals surface area (Å²) in [7, 11) is 0. The molecule has 5 aromatic carbocycles. The van der Waals surface area contributed by atoms with Crippen molar-refractivity contribution in [3.63, 3.8) is 0 Å². The van der Waals surface area contributed by atoms with Gasteiger partial charge in [0.1, 0.15) is 23.2 Å². The summed E-state index contributed by atoms with van der Waals surface area (Å²) < 4.78 is 13.0. The fourth-order valence-electron chi connectivity index (χ4n) is 7.82. The van der Waals surface area contributed by atoms with E-state index in [2.05, 4.69) is 140 Å². The van der Waals surface area contributed by atoms with E-state index in [9.17, 15) is 0 Å². The highest BCUT2D eigenvalue weighted by Crippen LogP contribution is 2.51. The number of hydrogen-bond donors (Lipinski definition) is 0. The van der Waals surface area contributed by atoms with Crippen molar-refractivity contribution in [1.82, 2.24) is 0 Å². The standard InChI is InChI=1S/C42H35NO2/c1-42(2)35-14-8-6-12-32(35)34-26-31(22-23-36(34)42)43(29-10-4-3-5-11-29)30-20-16-27(17-21-30)37-24-18-28-19-25-39-40(41(28)45-37)33-13-7-9-15-38(33)44-39/h3-6,8,10-12,14,16-26,37H,7,9,13,15H2,1-2H3. The van der Waals surface area contributed by atoms with Crippen molar-refractivity contribution >= 4 is 34.1 Å². The predicted octanol–water partition coefficient (Wildman–Crippen LogP) is 11.2. The Kier molecular flexibility index (Phi) is 5.86. The van der Waals surface area contributed by atoms with E-state index >= 15 is 0 Å². The topological polar surface area (TPSA) is 25.6 Å². The number of rotatable bonds is 4. The molecule has 1 aliphatic heterocycles. The second kappa shape index (κ2) is 10.0. The Morgan fingerprint density at radius 3 is 2.29 bits per heavy atom. The van der Waals surface area contributed by atoms with E-state index in [1.807, 2.05) is 0 Å². The van der Waals surface area contributed by atoms with Crippen molar-refractivity contribution < 1.29 is 9.15 Å². The lowest BCUT2D eigenvalue weighted by Gasteiger charge is -2.28. The molecule has 2 heterocycles. The molecular weight excluding hydrogens is 550 g/mol. The maximum Gasteiger partial charge on any atom is 0.142 e. The highest BCUT2D eigenvalue weighted by atomic mass is 16.5. The van der Waals surface area contributed by atoms with E-state index in [1.165, 1.54) is 46.0 Å². The summed E-state index contributed by atoms with van der Waals surface area (Å²) in [6.45, 7) is 4.66. The number of fused-ring (bicyclic) bond motifs is 8. The first-order valence-electron chi connectivity index (χ1n) is 16.2. The molecule has 0 amide bonds. The third kappa shape index (κ3) is 4.10. The van der Waals surface area contributed by atoms with Crippen LogP contribution in [-0.4, -0.2) is 0 Å². The Labute approximate surface area is 264 Å². The van der Waals surface area contributed by atoms with Gasteiger partial charge in [0.2, 0.25) is 0 Å². The first-order chi connectivity index (χ1) is 22.1. The van der Waals surface area contributed by atoms with Crippen molar-refractivity contribution in [2.45, 2.75) is 51.0 Å². The second-order valence-corrected chi connectivity index (χ2v) is 13.1. The van der Waals surface area contributed by atoms with Crippen molar-refractivity contribution in [3.8, 4) is 16.9 Å². The minimum atomic E-state index is -0.157. The zero-order valence-electron chi connectivity index (χ0n) is 25.7. The van der Waals surface area contributed by atoms with E-state index in [0.29, 0.717) is 0 Å². The van der Waals surface area contributed by atoms with Crippen LogP contribution in [0.1, 0.15) is 66.4 Å². The summed E-state index contributed by atoms with van der Waals surface area (Å²) in [5, 5.41) is 1.17. The molecular formula is C42H35NO2. The number of nitrogens with zero attached hydrogens (tertiary/aromatic N) is 1. The molecule has 0 N–H and O–H groups in total. The molecule has 3 nitrogen and oxygen atoms in total. The van der Waals surface area contributed by atoms with Gasteiger partial charge in [0.05, 0.1) is 5.39 Å². The average molecular weight is 586 g/mol. The lowest BCUT2D eigenvalue weighted by molar-refractivity contribution is 0.255. The van der Waals surface area contributed by atoms with Crippen LogP contribution >= 0.6 is 0 Å². The zero-order valence-corrected chi connectivity index (χ0v) is 25.7. The van der Waals surface area contributed by atoms with Gasteiger partial charge < -0.3 is 14.1 Å². The van der Waals surface area contributed by atoms with Crippen molar-refractivity contribution in [1.29, 1.82) is 0 Å². The molecule has 0 radical (unpaired) electrons. The van der Waals surface area contributed by atoms with Gasteiger partial charge in [-0.1, -0.05) is 80.6 Å². The Morgan fingerprint density at radius 1 is 0.689 bits per heavy atom. The largest absolute Gasteiger partial charge is 0.480 e. The van der Waals surface area contributed by atoms with Crippen LogP contribution in [0.3, 0.4) is 0 Å². The van der Waals surface area contributed by atoms with Gasteiger partial charge in [-0.2, -0.15) is 0 Å². The quantitative estimate of drug-likeness (QED) is 0.206. The van der Waals surface area contributed by atoms with Gasteiger partial charge in [0.15, 0.2) is 0 Å². The van der Waals surface area contributed by atoms with Gasteiger partial charge in [-0.15, -0.1) is 0 Å². The molecule has 3 aliphatic rings. The first kappa shape index (κ1) is 26.4. The van der Waals surface area contributed by atoms with E-state index < -0.39 is 0 Å². The lowest BCUT2D eigenvalue weighted by Crippen LogP contribution is -2.15. The Balaban J connectivity index is 1.08. The number of anilines is 3. The van der Waals surface area contributed by atoms with Crippen LogP contribution < -0.4 is 9.64 Å². The molecule has 1 unspecified atom stereocenters. The van der Waals surface area contributed by atoms with Gasteiger partial charge in [0.25, 0.3) is 0 Å². The first-order valence-corrected chi connectivity index (χ1v) is 16.2. The molecule has 3 heteroatoms. The van der Waals surface area contributed by atoms with Crippen LogP contribution in [0.15, 0.2) is 120 Å². The Bertz CT molecular complexity index is 2120. The molecule has 220 valence electrons. The molecule has 6 aromatic rings.